The van der Waals surface area contributed by atoms with Gasteiger partial charge in [-0.1, -0.05) is 25.4 Å². The maximum absolute atomic E-state index is 7.49. The van der Waals surface area contributed by atoms with Crippen molar-refractivity contribution in [3.8, 4) is 0 Å². The first kappa shape index (κ1) is 13.4. The van der Waals surface area contributed by atoms with E-state index in [2.05, 4.69) is 13.8 Å². The molecule has 2 nitrogen and oxygen atoms in total. The van der Waals surface area contributed by atoms with Gasteiger partial charge in [-0.15, -0.1) is 11.8 Å². The molecule has 0 aromatic heterocycles. The highest BCUT2D eigenvalue weighted by molar-refractivity contribution is 7.99. The number of rotatable bonds is 5. The van der Waals surface area contributed by atoms with E-state index in [1.165, 1.54) is 0 Å². The van der Waals surface area contributed by atoms with E-state index in [0.717, 1.165) is 22.6 Å². The lowest BCUT2D eigenvalue weighted by molar-refractivity contribution is 0.632. The van der Waals surface area contributed by atoms with Gasteiger partial charge in [0.2, 0.25) is 0 Å². The second-order valence-electron chi connectivity index (χ2n) is 4.09. The molecule has 0 saturated carbocycles. The Balaban J connectivity index is 2.76. The predicted molar refractivity (Wildman–Crippen MR) is 72.6 cm³/mol. The zero-order valence-electron chi connectivity index (χ0n) is 9.59. The summed E-state index contributed by atoms with van der Waals surface area (Å²) in [7, 11) is 0. The molecule has 1 rings (SSSR count). The van der Waals surface area contributed by atoms with E-state index in [-0.39, 0.29) is 5.84 Å². The summed E-state index contributed by atoms with van der Waals surface area (Å²) >= 11 is 7.65. The van der Waals surface area contributed by atoms with Crippen LogP contribution in [0.1, 0.15) is 25.8 Å². The molecule has 0 saturated heterocycles. The summed E-state index contributed by atoms with van der Waals surface area (Å²) in [6, 6.07) is 5.45. The fourth-order valence-electron chi connectivity index (χ4n) is 1.24. The maximum atomic E-state index is 7.49. The third-order valence-corrected chi connectivity index (χ3v) is 3.51. The predicted octanol–water partition coefficient (Wildman–Crippen LogP) is 3.76. The van der Waals surface area contributed by atoms with Crippen LogP contribution in [0.4, 0.5) is 0 Å². The first-order valence-corrected chi connectivity index (χ1v) is 6.64. The van der Waals surface area contributed by atoms with Crippen LogP contribution in [0, 0.1) is 11.3 Å². The van der Waals surface area contributed by atoms with E-state index in [1.54, 1.807) is 17.8 Å². The van der Waals surface area contributed by atoms with E-state index in [1.807, 2.05) is 12.1 Å². The van der Waals surface area contributed by atoms with Crippen molar-refractivity contribution in [1.82, 2.24) is 0 Å². The Morgan fingerprint density at radius 3 is 2.75 bits per heavy atom. The van der Waals surface area contributed by atoms with Crippen molar-refractivity contribution in [1.29, 1.82) is 5.41 Å². The minimum atomic E-state index is 0.101. The summed E-state index contributed by atoms with van der Waals surface area (Å²) in [6.45, 7) is 4.40. The summed E-state index contributed by atoms with van der Waals surface area (Å²) in [5.41, 5.74) is 6.30. The first-order chi connectivity index (χ1) is 7.50. The number of thioether (sulfide) groups is 1. The largest absolute Gasteiger partial charge is 0.384 e. The lowest BCUT2D eigenvalue weighted by atomic mass is 10.2. The van der Waals surface area contributed by atoms with Crippen LogP contribution in [0.5, 0.6) is 0 Å². The van der Waals surface area contributed by atoms with Gasteiger partial charge in [-0.2, -0.15) is 0 Å². The lowest BCUT2D eigenvalue weighted by Gasteiger charge is -2.09. The molecule has 1 aromatic rings. The molecule has 1 aromatic carbocycles. The van der Waals surface area contributed by atoms with Crippen LogP contribution in [0.2, 0.25) is 5.02 Å². The molecule has 0 amide bonds. The normalized spacial score (nSPS) is 10.8. The van der Waals surface area contributed by atoms with Crippen molar-refractivity contribution in [3.63, 3.8) is 0 Å². The molecular formula is C12H17ClN2S. The third-order valence-electron chi connectivity index (χ3n) is 2.19. The number of nitrogens with one attached hydrogen (secondary N) is 1. The van der Waals surface area contributed by atoms with Crippen LogP contribution < -0.4 is 5.73 Å². The molecular weight excluding hydrogens is 240 g/mol. The van der Waals surface area contributed by atoms with Crippen molar-refractivity contribution in [2.75, 3.05) is 5.75 Å². The third kappa shape index (κ3) is 4.06. The quantitative estimate of drug-likeness (QED) is 0.479. The maximum Gasteiger partial charge on any atom is 0.123 e. The highest BCUT2D eigenvalue weighted by Crippen LogP contribution is 2.27. The topological polar surface area (TPSA) is 49.9 Å². The molecule has 0 aliphatic carbocycles. The highest BCUT2D eigenvalue weighted by atomic mass is 35.5. The van der Waals surface area contributed by atoms with Crippen molar-refractivity contribution < 1.29 is 0 Å². The standard InChI is InChI=1S/C12H17ClN2S/c1-8(2)5-6-16-11-7-9(13)3-4-10(11)12(14)15/h3-4,7-8H,5-6H2,1-2H3,(H3,14,15). The van der Waals surface area contributed by atoms with Crippen LogP contribution >= 0.6 is 23.4 Å². The van der Waals surface area contributed by atoms with Gasteiger partial charge < -0.3 is 5.73 Å². The molecule has 0 unspecified atom stereocenters. The van der Waals surface area contributed by atoms with E-state index < -0.39 is 0 Å². The van der Waals surface area contributed by atoms with Crippen LogP contribution in [0.25, 0.3) is 0 Å². The number of nitrogen functional groups attached to an aromatic ring is 1. The Labute approximate surface area is 106 Å². The number of nitrogens with two attached hydrogens (primary N) is 1. The molecule has 88 valence electrons. The van der Waals surface area contributed by atoms with Crippen molar-refractivity contribution >= 4 is 29.2 Å². The Morgan fingerprint density at radius 2 is 2.19 bits per heavy atom. The van der Waals surface area contributed by atoms with E-state index >= 15 is 0 Å². The zero-order chi connectivity index (χ0) is 12.1. The van der Waals surface area contributed by atoms with Crippen molar-refractivity contribution in [2.45, 2.75) is 25.2 Å². The summed E-state index contributed by atoms with van der Waals surface area (Å²) in [6.07, 6.45) is 1.15. The molecule has 0 spiro atoms. The Morgan fingerprint density at radius 1 is 1.50 bits per heavy atom. The van der Waals surface area contributed by atoms with Crippen molar-refractivity contribution in [3.05, 3.63) is 28.8 Å². The molecule has 0 aliphatic heterocycles. The monoisotopic (exact) mass is 256 g/mol. The smallest absolute Gasteiger partial charge is 0.123 e. The second kappa shape index (κ2) is 6.16. The Kier molecular flexibility index (Phi) is 5.16. The molecule has 0 aliphatic rings. The Hall–Kier alpha value is -0.670. The van der Waals surface area contributed by atoms with E-state index in [0.29, 0.717) is 10.9 Å². The number of hydrogen-bond donors (Lipinski definition) is 2. The summed E-state index contributed by atoms with van der Waals surface area (Å²) in [5.74, 6) is 1.81. The number of halogens is 1. The highest BCUT2D eigenvalue weighted by Gasteiger charge is 2.07. The van der Waals surface area contributed by atoms with Gasteiger partial charge in [-0.3, -0.25) is 5.41 Å². The Bertz CT molecular complexity index is 377. The van der Waals surface area contributed by atoms with Gasteiger partial charge in [0, 0.05) is 15.5 Å². The molecule has 0 radical (unpaired) electrons. The van der Waals surface area contributed by atoms with Gasteiger partial charge in [0.1, 0.15) is 5.84 Å². The molecule has 0 heterocycles. The van der Waals surface area contributed by atoms with Gasteiger partial charge in [-0.05, 0) is 36.3 Å². The average Bonchev–Trinajstić information content (AvgIpc) is 2.16. The average molecular weight is 257 g/mol. The van der Waals surface area contributed by atoms with Gasteiger partial charge in [0.15, 0.2) is 0 Å². The molecule has 3 N–H and O–H groups in total. The second-order valence-corrected chi connectivity index (χ2v) is 5.66. The summed E-state index contributed by atoms with van der Waals surface area (Å²) < 4.78 is 0. The number of benzene rings is 1. The van der Waals surface area contributed by atoms with Crippen LogP contribution in [0.15, 0.2) is 23.1 Å². The first-order valence-electron chi connectivity index (χ1n) is 5.27. The summed E-state index contributed by atoms with van der Waals surface area (Å²) in [5, 5.41) is 8.18. The SMILES string of the molecule is CC(C)CCSc1cc(Cl)ccc1C(=N)N. The molecule has 0 atom stereocenters. The molecule has 0 fully saturated rings. The molecule has 16 heavy (non-hydrogen) atoms. The zero-order valence-corrected chi connectivity index (χ0v) is 11.2. The van der Waals surface area contributed by atoms with Crippen LogP contribution in [-0.2, 0) is 0 Å². The van der Waals surface area contributed by atoms with Gasteiger partial charge >= 0.3 is 0 Å². The van der Waals surface area contributed by atoms with E-state index in [9.17, 15) is 0 Å². The number of amidine groups is 1. The van der Waals surface area contributed by atoms with Gasteiger partial charge in [0.25, 0.3) is 0 Å². The van der Waals surface area contributed by atoms with Gasteiger partial charge in [0.05, 0.1) is 0 Å². The fraction of sp³-hybridized carbons (Fsp3) is 0.417. The summed E-state index contributed by atoms with van der Waals surface area (Å²) in [4.78, 5) is 1.00. The fourth-order valence-corrected chi connectivity index (χ4v) is 2.83. The minimum absolute atomic E-state index is 0.101. The number of hydrogen-bond acceptors (Lipinski definition) is 2. The van der Waals surface area contributed by atoms with Gasteiger partial charge in [-0.25, -0.2) is 0 Å². The van der Waals surface area contributed by atoms with Crippen molar-refractivity contribution in [2.24, 2.45) is 11.7 Å². The van der Waals surface area contributed by atoms with Crippen LogP contribution in [-0.4, -0.2) is 11.6 Å². The molecule has 0 bridgehead atoms. The minimum Gasteiger partial charge on any atom is -0.384 e. The van der Waals surface area contributed by atoms with E-state index in [4.69, 9.17) is 22.7 Å². The lowest BCUT2D eigenvalue weighted by Crippen LogP contribution is -2.12. The van der Waals surface area contributed by atoms with Crippen LogP contribution in [0.3, 0.4) is 0 Å². The molecule has 4 heteroatoms.